The second kappa shape index (κ2) is 7.02. The lowest BCUT2D eigenvalue weighted by Gasteiger charge is -2.28. The van der Waals surface area contributed by atoms with Crippen molar-refractivity contribution >= 4 is 17.8 Å². The van der Waals surface area contributed by atoms with Gasteiger partial charge in [-0.15, -0.1) is 0 Å². The number of carboxylic acids is 1. The summed E-state index contributed by atoms with van der Waals surface area (Å²) in [4.78, 5) is 38.3. The van der Waals surface area contributed by atoms with E-state index in [1.807, 2.05) is 0 Å². The average molecular weight is 305 g/mol. The van der Waals surface area contributed by atoms with Crippen LogP contribution < -0.4 is 10.6 Å². The van der Waals surface area contributed by atoms with Gasteiger partial charge in [0.1, 0.15) is 5.69 Å². The summed E-state index contributed by atoms with van der Waals surface area (Å²) in [7, 11) is 1.62. The van der Waals surface area contributed by atoms with E-state index in [2.05, 4.69) is 15.6 Å². The van der Waals surface area contributed by atoms with Crippen LogP contribution in [0.3, 0.4) is 0 Å². The lowest BCUT2D eigenvalue weighted by Crippen LogP contribution is -2.40. The van der Waals surface area contributed by atoms with Crippen LogP contribution in [0.15, 0.2) is 18.3 Å². The van der Waals surface area contributed by atoms with E-state index in [0.29, 0.717) is 0 Å². The fourth-order valence-corrected chi connectivity index (χ4v) is 2.66. The van der Waals surface area contributed by atoms with Crippen molar-refractivity contribution in [1.82, 2.24) is 15.6 Å². The van der Waals surface area contributed by atoms with Gasteiger partial charge in [0, 0.05) is 30.8 Å². The minimum atomic E-state index is -1.17. The molecule has 1 heterocycles. The van der Waals surface area contributed by atoms with Crippen molar-refractivity contribution in [3.05, 3.63) is 29.6 Å². The molecule has 0 bridgehead atoms. The standard InChI is InChI=1S/C15H19N3O4/c1-16-13(19)9-2-4-11(5-3-9)18-14(20)10-6-7-17-12(8-10)15(21)22/h6-9,11H,2-5H2,1H3,(H,16,19)(H,18,20)(H,21,22). The minimum absolute atomic E-state index is 0.00912. The highest BCUT2D eigenvalue weighted by molar-refractivity contribution is 5.96. The second-order valence-corrected chi connectivity index (χ2v) is 5.37. The van der Waals surface area contributed by atoms with Gasteiger partial charge in [-0.1, -0.05) is 0 Å². The topological polar surface area (TPSA) is 108 Å². The Bertz CT molecular complexity index is 580. The molecule has 1 aliphatic carbocycles. The third-order valence-corrected chi connectivity index (χ3v) is 3.92. The molecule has 2 rings (SSSR count). The molecule has 3 N–H and O–H groups in total. The number of rotatable bonds is 4. The third kappa shape index (κ3) is 3.81. The van der Waals surface area contributed by atoms with Crippen LogP contribution in [-0.4, -0.2) is 41.0 Å². The van der Waals surface area contributed by atoms with Gasteiger partial charge >= 0.3 is 5.97 Å². The van der Waals surface area contributed by atoms with Gasteiger partial charge in [-0.3, -0.25) is 9.59 Å². The SMILES string of the molecule is CNC(=O)C1CCC(NC(=O)c2ccnc(C(=O)O)c2)CC1. The quantitative estimate of drug-likeness (QED) is 0.763. The van der Waals surface area contributed by atoms with Crippen molar-refractivity contribution in [2.45, 2.75) is 31.7 Å². The number of carboxylic acid groups (broad SMARTS) is 1. The lowest BCUT2D eigenvalue weighted by molar-refractivity contribution is -0.125. The molecule has 1 fully saturated rings. The third-order valence-electron chi connectivity index (χ3n) is 3.92. The molecule has 1 aromatic rings. The lowest BCUT2D eigenvalue weighted by atomic mass is 9.85. The molecule has 1 saturated carbocycles. The highest BCUT2D eigenvalue weighted by Gasteiger charge is 2.26. The van der Waals surface area contributed by atoms with E-state index in [1.165, 1.54) is 18.3 Å². The Labute approximate surface area is 128 Å². The van der Waals surface area contributed by atoms with Gasteiger partial charge < -0.3 is 15.7 Å². The van der Waals surface area contributed by atoms with Crippen LogP contribution >= 0.6 is 0 Å². The fourth-order valence-electron chi connectivity index (χ4n) is 2.66. The number of nitrogens with zero attached hydrogens (tertiary/aromatic N) is 1. The maximum atomic E-state index is 12.1. The Balaban J connectivity index is 1.92. The number of aromatic carboxylic acids is 1. The van der Waals surface area contributed by atoms with E-state index in [4.69, 9.17) is 5.11 Å². The van der Waals surface area contributed by atoms with Gasteiger partial charge in [-0.05, 0) is 37.8 Å². The first-order valence-electron chi connectivity index (χ1n) is 7.23. The van der Waals surface area contributed by atoms with Gasteiger partial charge in [-0.25, -0.2) is 9.78 Å². The van der Waals surface area contributed by atoms with E-state index >= 15 is 0 Å². The summed E-state index contributed by atoms with van der Waals surface area (Å²) >= 11 is 0. The zero-order valence-corrected chi connectivity index (χ0v) is 12.3. The van der Waals surface area contributed by atoms with Gasteiger partial charge in [0.2, 0.25) is 5.91 Å². The number of carbonyl (C=O) groups excluding carboxylic acids is 2. The smallest absolute Gasteiger partial charge is 0.354 e. The molecule has 22 heavy (non-hydrogen) atoms. The molecule has 0 spiro atoms. The van der Waals surface area contributed by atoms with Gasteiger partial charge in [0.05, 0.1) is 0 Å². The summed E-state index contributed by atoms with van der Waals surface area (Å²) in [5.74, 6) is -1.42. The maximum Gasteiger partial charge on any atom is 0.354 e. The maximum absolute atomic E-state index is 12.1. The Kier molecular flexibility index (Phi) is 5.08. The largest absolute Gasteiger partial charge is 0.477 e. The van der Waals surface area contributed by atoms with E-state index in [1.54, 1.807) is 7.05 Å². The summed E-state index contributed by atoms with van der Waals surface area (Å²) in [6, 6.07) is 2.75. The van der Waals surface area contributed by atoms with E-state index in [0.717, 1.165) is 25.7 Å². The number of amides is 2. The number of hydrogen-bond acceptors (Lipinski definition) is 4. The first kappa shape index (κ1) is 15.9. The molecule has 0 saturated heterocycles. The number of aromatic nitrogens is 1. The molecule has 0 atom stereocenters. The monoisotopic (exact) mass is 305 g/mol. The highest BCUT2D eigenvalue weighted by atomic mass is 16.4. The number of pyridine rings is 1. The van der Waals surface area contributed by atoms with Crippen molar-refractivity contribution in [3.63, 3.8) is 0 Å². The zero-order chi connectivity index (χ0) is 16.1. The second-order valence-electron chi connectivity index (χ2n) is 5.37. The normalized spacial score (nSPS) is 21.0. The van der Waals surface area contributed by atoms with Crippen LogP contribution in [0.2, 0.25) is 0 Å². The molecule has 0 aliphatic heterocycles. The van der Waals surface area contributed by atoms with Crippen LogP contribution in [0.4, 0.5) is 0 Å². The molecule has 1 aliphatic rings. The molecule has 0 radical (unpaired) electrons. The van der Waals surface area contributed by atoms with Crippen LogP contribution in [0.1, 0.15) is 46.5 Å². The summed E-state index contributed by atoms with van der Waals surface area (Å²) in [6.45, 7) is 0. The molecule has 118 valence electrons. The Morgan fingerprint density at radius 2 is 1.91 bits per heavy atom. The van der Waals surface area contributed by atoms with Gasteiger partial charge in [0.25, 0.3) is 5.91 Å². The Morgan fingerprint density at radius 3 is 2.50 bits per heavy atom. The Morgan fingerprint density at radius 1 is 1.23 bits per heavy atom. The van der Waals surface area contributed by atoms with Gasteiger partial charge in [0.15, 0.2) is 0 Å². The van der Waals surface area contributed by atoms with Crippen molar-refractivity contribution < 1.29 is 19.5 Å². The van der Waals surface area contributed by atoms with Crippen LogP contribution in [0, 0.1) is 5.92 Å². The zero-order valence-electron chi connectivity index (χ0n) is 12.3. The summed E-state index contributed by atoms with van der Waals surface area (Å²) < 4.78 is 0. The highest BCUT2D eigenvalue weighted by Crippen LogP contribution is 2.24. The molecule has 7 heteroatoms. The van der Waals surface area contributed by atoms with E-state index in [-0.39, 0.29) is 35.0 Å². The number of carbonyl (C=O) groups is 3. The van der Waals surface area contributed by atoms with E-state index < -0.39 is 5.97 Å². The predicted molar refractivity (Wildman–Crippen MR) is 78.5 cm³/mol. The molecule has 0 aromatic carbocycles. The Hall–Kier alpha value is -2.44. The van der Waals surface area contributed by atoms with Crippen molar-refractivity contribution in [2.75, 3.05) is 7.05 Å². The first-order chi connectivity index (χ1) is 10.5. The van der Waals surface area contributed by atoms with Crippen molar-refractivity contribution in [2.24, 2.45) is 5.92 Å². The van der Waals surface area contributed by atoms with Crippen LogP contribution in [0.25, 0.3) is 0 Å². The van der Waals surface area contributed by atoms with Crippen LogP contribution in [-0.2, 0) is 4.79 Å². The first-order valence-corrected chi connectivity index (χ1v) is 7.23. The number of hydrogen-bond donors (Lipinski definition) is 3. The average Bonchev–Trinajstić information content (AvgIpc) is 2.54. The molecular formula is C15H19N3O4. The molecule has 7 nitrogen and oxygen atoms in total. The summed E-state index contributed by atoms with van der Waals surface area (Å²) in [5.41, 5.74) is 0.122. The molecule has 0 unspecified atom stereocenters. The molecule has 1 aromatic heterocycles. The van der Waals surface area contributed by atoms with Gasteiger partial charge in [-0.2, -0.15) is 0 Å². The van der Waals surface area contributed by atoms with Crippen LogP contribution in [0.5, 0.6) is 0 Å². The van der Waals surface area contributed by atoms with Crippen molar-refractivity contribution in [1.29, 1.82) is 0 Å². The summed E-state index contributed by atoms with van der Waals surface area (Å²) in [6.07, 6.45) is 4.25. The van der Waals surface area contributed by atoms with Crippen molar-refractivity contribution in [3.8, 4) is 0 Å². The predicted octanol–water partition coefficient (Wildman–Crippen LogP) is 0.814. The molecular weight excluding hydrogens is 286 g/mol. The molecule has 2 amide bonds. The fraction of sp³-hybridized carbons (Fsp3) is 0.467. The van der Waals surface area contributed by atoms with E-state index in [9.17, 15) is 14.4 Å². The summed E-state index contributed by atoms with van der Waals surface area (Å²) in [5, 5.41) is 14.4. The minimum Gasteiger partial charge on any atom is -0.477 e. The number of nitrogens with one attached hydrogen (secondary N) is 2.